The Morgan fingerprint density at radius 1 is 1.00 bits per heavy atom. The summed E-state index contributed by atoms with van der Waals surface area (Å²) in [6.07, 6.45) is 20.3. The first-order valence-electron chi connectivity index (χ1n) is 11.5. The molecule has 1 heterocycles. The Labute approximate surface area is 168 Å². The number of allylic oxidation sites excluding steroid dienone is 2. The molecule has 3 heteroatoms. The van der Waals surface area contributed by atoms with E-state index in [1.165, 1.54) is 38.5 Å². The highest BCUT2D eigenvalue weighted by Crippen LogP contribution is 2.25. The summed E-state index contributed by atoms with van der Waals surface area (Å²) in [6, 6.07) is 0.232. The Balaban J connectivity index is 2.44. The van der Waals surface area contributed by atoms with Crippen LogP contribution in [-0.2, 0) is 9.59 Å². The number of aldehydes is 1. The van der Waals surface area contributed by atoms with Crippen molar-refractivity contribution in [2.45, 2.75) is 110 Å². The SMILES string of the molecule is CCCCCC=CCCCC(C)CC(CC(C)C=O)N1CCCCCC1=O. The number of hydrogen-bond acceptors (Lipinski definition) is 2. The Morgan fingerprint density at radius 2 is 1.74 bits per heavy atom. The predicted octanol–water partition coefficient (Wildman–Crippen LogP) is 6.32. The summed E-state index contributed by atoms with van der Waals surface area (Å²) in [6.45, 7) is 7.41. The summed E-state index contributed by atoms with van der Waals surface area (Å²) in [4.78, 5) is 25.8. The maximum Gasteiger partial charge on any atom is 0.222 e. The van der Waals surface area contributed by atoms with Crippen molar-refractivity contribution >= 4 is 12.2 Å². The molecule has 1 saturated heterocycles. The van der Waals surface area contributed by atoms with Gasteiger partial charge in [0.25, 0.3) is 0 Å². The van der Waals surface area contributed by atoms with Crippen LogP contribution in [0.15, 0.2) is 12.2 Å². The van der Waals surface area contributed by atoms with Gasteiger partial charge in [0.1, 0.15) is 6.29 Å². The molecule has 0 aliphatic carbocycles. The van der Waals surface area contributed by atoms with Crippen LogP contribution >= 0.6 is 0 Å². The second-order valence-electron chi connectivity index (χ2n) is 8.64. The van der Waals surface area contributed by atoms with Gasteiger partial charge in [-0.1, -0.05) is 58.6 Å². The monoisotopic (exact) mass is 377 g/mol. The smallest absolute Gasteiger partial charge is 0.222 e. The van der Waals surface area contributed by atoms with Crippen molar-refractivity contribution in [2.24, 2.45) is 11.8 Å². The van der Waals surface area contributed by atoms with E-state index in [1.54, 1.807) is 0 Å². The lowest BCUT2D eigenvalue weighted by Crippen LogP contribution is -2.42. The van der Waals surface area contributed by atoms with Crippen molar-refractivity contribution < 1.29 is 9.59 Å². The van der Waals surface area contributed by atoms with E-state index in [0.717, 1.165) is 51.4 Å². The van der Waals surface area contributed by atoms with E-state index in [9.17, 15) is 9.59 Å². The molecule has 1 fully saturated rings. The quantitative estimate of drug-likeness (QED) is 0.202. The first-order chi connectivity index (χ1) is 13.1. The summed E-state index contributed by atoms with van der Waals surface area (Å²) >= 11 is 0. The van der Waals surface area contributed by atoms with E-state index in [4.69, 9.17) is 0 Å². The number of rotatable bonds is 14. The van der Waals surface area contributed by atoms with E-state index in [0.29, 0.717) is 18.2 Å². The molecule has 1 aliphatic heterocycles. The summed E-state index contributed by atoms with van der Waals surface area (Å²) in [7, 11) is 0. The third-order valence-electron chi connectivity index (χ3n) is 5.81. The van der Waals surface area contributed by atoms with Crippen LogP contribution in [0.5, 0.6) is 0 Å². The first-order valence-corrected chi connectivity index (χ1v) is 11.5. The summed E-state index contributed by atoms with van der Waals surface area (Å²) in [5.74, 6) is 0.931. The topological polar surface area (TPSA) is 37.4 Å². The molecule has 0 radical (unpaired) electrons. The fourth-order valence-corrected chi connectivity index (χ4v) is 4.14. The van der Waals surface area contributed by atoms with Crippen LogP contribution in [-0.4, -0.2) is 29.7 Å². The molecule has 3 unspecified atom stereocenters. The van der Waals surface area contributed by atoms with Crippen LogP contribution in [0.2, 0.25) is 0 Å². The minimum absolute atomic E-state index is 0.0318. The van der Waals surface area contributed by atoms with Crippen LogP contribution in [0.25, 0.3) is 0 Å². The van der Waals surface area contributed by atoms with E-state index < -0.39 is 0 Å². The molecule has 0 saturated carbocycles. The maximum absolute atomic E-state index is 12.5. The highest BCUT2D eigenvalue weighted by Gasteiger charge is 2.27. The minimum Gasteiger partial charge on any atom is -0.340 e. The highest BCUT2D eigenvalue weighted by atomic mass is 16.2. The number of hydrogen-bond donors (Lipinski definition) is 0. The first kappa shape index (κ1) is 23.9. The normalized spacial score (nSPS) is 19.1. The van der Waals surface area contributed by atoms with Gasteiger partial charge in [-0.2, -0.15) is 0 Å². The van der Waals surface area contributed by atoms with Crippen LogP contribution in [0.4, 0.5) is 0 Å². The molecular weight excluding hydrogens is 334 g/mol. The van der Waals surface area contributed by atoms with Crippen LogP contribution in [0, 0.1) is 11.8 Å². The lowest BCUT2D eigenvalue weighted by Gasteiger charge is -2.34. The van der Waals surface area contributed by atoms with Crippen molar-refractivity contribution in [3.63, 3.8) is 0 Å². The molecule has 0 spiro atoms. The number of carbonyl (C=O) groups excluding carboxylic acids is 2. The molecule has 1 aliphatic rings. The zero-order valence-electron chi connectivity index (χ0n) is 18.1. The van der Waals surface area contributed by atoms with Gasteiger partial charge >= 0.3 is 0 Å². The maximum atomic E-state index is 12.5. The molecule has 0 bridgehead atoms. The van der Waals surface area contributed by atoms with Gasteiger partial charge in [0, 0.05) is 24.9 Å². The predicted molar refractivity (Wildman–Crippen MR) is 115 cm³/mol. The molecule has 27 heavy (non-hydrogen) atoms. The molecule has 0 N–H and O–H groups in total. The Bertz CT molecular complexity index is 432. The van der Waals surface area contributed by atoms with Crippen molar-refractivity contribution in [3.8, 4) is 0 Å². The van der Waals surface area contributed by atoms with Gasteiger partial charge in [0.15, 0.2) is 0 Å². The van der Waals surface area contributed by atoms with Crippen LogP contribution in [0.3, 0.4) is 0 Å². The zero-order chi connectivity index (χ0) is 19.9. The van der Waals surface area contributed by atoms with Crippen molar-refractivity contribution in [3.05, 3.63) is 12.2 Å². The van der Waals surface area contributed by atoms with Crippen LogP contribution < -0.4 is 0 Å². The lowest BCUT2D eigenvalue weighted by atomic mass is 9.90. The summed E-state index contributed by atoms with van der Waals surface area (Å²) in [5.41, 5.74) is 0. The molecule has 156 valence electrons. The number of likely N-dealkylation sites (tertiary alicyclic amines) is 1. The van der Waals surface area contributed by atoms with Crippen LogP contribution in [0.1, 0.15) is 104 Å². The van der Waals surface area contributed by atoms with Crippen molar-refractivity contribution in [1.82, 2.24) is 4.90 Å². The average molecular weight is 378 g/mol. The minimum atomic E-state index is 0.0318. The largest absolute Gasteiger partial charge is 0.340 e. The van der Waals surface area contributed by atoms with Gasteiger partial charge in [-0.3, -0.25) is 4.79 Å². The number of carbonyl (C=O) groups is 2. The van der Waals surface area contributed by atoms with Crippen molar-refractivity contribution in [2.75, 3.05) is 6.54 Å². The van der Waals surface area contributed by atoms with E-state index in [-0.39, 0.29) is 12.0 Å². The van der Waals surface area contributed by atoms with Gasteiger partial charge in [0.2, 0.25) is 5.91 Å². The number of amides is 1. The number of unbranched alkanes of at least 4 members (excludes halogenated alkanes) is 4. The standard InChI is InChI=1S/C24H43NO2/c1-4-5-6-7-8-9-10-12-15-21(2)18-23(19-22(3)20-26)25-17-14-11-13-16-24(25)27/h8-9,20-23H,4-7,10-19H2,1-3H3. The molecule has 3 nitrogen and oxygen atoms in total. The third kappa shape index (κ3) is 10.7. The lowest BCUT2D eigenvalue weighted by molar-refractivity contribution is -0.134. The molecule has 0 aromatic rings. The fraction of sp³-hybridized carbons (Fsp3) is 0.833. The molecule has 1 rings (SSSR count). The molecule has 3 atom stereocenters. The zero-order valence-corrected chi connectivity index (χ0v) is 18.1. The molecular formula is C24H43NO2. The number of nitrogens with zero attached hydrogens (tertiary/aromatic N) is 1. The summed E-state index contributed by atoms with van der Waals surface area (Å²) in [5, 5.41) is 0. The van der Waals surface area contributed by atoms with E-state index in [2.05, 4.69) is 30.9 Å². The fourth-order valence-electron chi connectivity index (χ4n) is 4.14. The van der Waals surface area contributed by atoms with E-state index >= 15 is 0 Å². The van der Waals surface area contributed by atoms with Gasteiger partial charge in [-0.25, -0.2) is 0 Å². The Morgan fingerprint density at radius 3 is 2.44 bits per heavy atom. The molecule has 1 amide bonds. The molecule has 0 aromatic carbocycles. The summed E-state index contributed by atoms with van der Waals surface area (Å²) < 4.78 is 0. The van der Waals surface area contributed by atoms with E-state index in [1.807, 2.05) is 6.92 Å². The second kappa shape index (κ2) is 14.9. The average Bonchev–Trinajstić information content (AvgIpc) is 2.87. The van der Waals surface area contributed by atoms with Crippen molar-refractivity contribution in [1.29, 1.82) is 0 Å². The Hall–Kier alpha value is -1.12. The molecule has 0 aromatic heterocycles. The Kier molecular flexibility index (Phi) is 13.2. The highest BCUT2D eigenvalue weighted by molar-refractivity contribution is 5.76. The second-order valence-corrected chi connectivity index (χ2v) is 8.64. The van der Waals surface area contributed by atoms with Gasteiger partial charge in [-0.05, 0) is 57.3 Å². The van der Waals surface area contributed by atoms with Gasteiger partial charge in [-0.15, -0.1) is 0 Å². The third-order valence-corrected chi connectivity index (χ3v) is 5.81. The van der Waals surface area contributed by atoms with Gasteiger partial charge in [0.05, 0.1) is 0 Å². The van der Waals surface area contributed by atoms with Gasteiger partial charge < -0.3 is 9.69 Å².